The number of hydrogen-bond donors (Lipinski definition) is 3. The van der Waals surface area contributed by atoms with Gasteiger partial charge in [-0.25, -0.2) is 0 Å². The Hall–Kier alpha value is -1.64. The Kier molecular flexibility index (Phi) is 9.61. The number of aromatic nitrogens is 1. The molecule has 1 unspecified atom stereocenters. The van der Waals surface area contributed by atoms with Gasteiger partial charge >= 0.3 is 0 Å². The maximum Gasteiger partial charge on any atom is 0.219 e. The Morgan fingerprint density at radius 3 is 2.54 bits per heavy atom. The zero-order valence-electron chi connectivity index (χ0n) is 16.2. The minimum absolute atomic E-state index is 0. The van der Waals surface area contributed by atoms with E-state index in [1.54, 1.807) is 13.1 Å². The van der Waals surface area contributed by atoms with Crippen molar-refractivity contribution in [3.05, 3.63) is 23.5 Å². The first-order chi connectivity index (χ1) is 12.4. The SMILES string of the molecule is CC.CC(=O)N1CCN(C(N)S)CC1.Cc1cnc2c(c1)OCCC2=N.[HH]. The molecule has 1 aromatic rings. The fourth-order valence-electron chi connectivity index (χ4n) is 2.56. The zero-order valence-corrected chi connectivity index (χ0v) is 17.1. The molecule has 2 aliphatic rings. The summed E-state index contributed by atoms with van der Waals surface area (Å²) in [4.78, 5) is 19.0. The number of thiol groups is 1. The average molecular weight is 384 g/mol. The third-order valence-corrected chi connectivity index (χ3v) is 4.35. The molecule has 1 fully saturated rings. The molecule has 0 spiro atoms. The summed E-state index contributed by atoms with van der Waals surface area (Å²) in [6.45, 7) is 11.4. The minimum Gasteiger partial charge on any atom is -0.491 e. The van der Waals surface area contributed by atoms with Gasteiger partial charge in [0.2, 0.25) is 5.91 Å². The van der Waals surface area contributed by atoms with E-state index < -0.39 is 0 Å². The summed E-state index contributed by atoms with van der Waals surface area (Å²) >= 11 is 4.12. The number of piperazine rings is 1. The Balaban J connectivity index is 0.000000444. The van der Waals surface area contributed by atoms with Crippen molar-refractivity contribution >= 4 is 24.2 Å². The van der Waals surface area contributed by atoms with Crippen molar-refractivity contribution in [3.8, 4) is 5.75 Å². The molecular weight excluding hydrogens is 350 g/mol. The second kappa shape index (κ2) is 11.2. The summed E-state index contributed by atoms with van der Waals surface area (Å²) in [6.07, 6.45) is 2.44. The Labute approximate surface area is 163 Å². The molecule has 26 heavy (non-hydrogen) atoms. The van der Waals surface area contributed by atoms with Gasteiger partial charge in [-0.15, -0.1) is 12.6 Å². The Morgan fingerprint density at radius 1 is 1.38 bits per heavy atom. The molecule has 7 nitrogen and oxygen atoms in total. The number of carbonyl (C=O) groups is 1. The number of hydrogen-bond acceptors (Lipinski definition) is 7. The smallest absolute Gasteiger partial charge is 0.219 e. The summed E-state index contributed by atoms with van der Waals surface area (Å²) in [5.74, 6) is 0.897. The number of aryl methyl sites for hydroxylation is 1. The maximum atomic E-state index is 10.9. The van der Waals surface area contributed by atoms with E-state index in [-0.39, 0.29) is 12.8 Å². The molecule has 0 aliphatic carbocycles. The largest absolute Gasteiger partial charge is 0.491 e. The molecule has 1 aromatic heterocycles. The lowest BCUT2D eigenvalue weighted by Crippen LogP contribution is -2.52. The van der Waals surface area contributed by atoms with Crippen LogP contribution in [0.5, 0.6) is 5.75 Å². The van der Waals surface area contributed by atoms with Crippen LogP contribution in [0.3, 0.4) is 0 Å². The maximum absolute atomic E-state index is 10.9. The van der Waals surface area contributed by atoms with Crippen LogP contribution in [0.4, 0.5) is 0 Å². The van der Waals surface area contributed by atoms with Crippen LogP contribution in [0.2, 0.25) is 0 Å². The first-order valence-corrected chi connectivity index (χ1v) is 9.50. The van der Waals surface area contributed by atoms with Gasteiger partial charge in [0.1, 0.15) is 16.9 Å². The number of nitrogens with one attached hydrogen (secondary N) is 1. The van der Waals surface area contributed by atoms with Crippen LogP contribution < -0.4 is 10.5 Å². The minimum atomic E-state index is -0.195. The van der Waals surface area contributed by atoms with Crippen LogP contribution in [0.25, 0.3) is 0 Å². The molecular formula is C18H33N5O2S. The van der Waals surface area contributed by atoms with E-state index in [1.165, 1.54) is 0 Å². The Morgan fingerprint density at radius 2 is 2.00 bits per heavy atom. The molecule has 3 rings (SSSR count). The van der Waals surface area contributed by atoms with Crippen LogP contribution in [-0.4, -0.2) is 64.7 Å². The summed E-state index contributed by atoms with van der Waals surface area (Å²) in [6, 6.07) is 1.93. The number of rotatable bonds is 1. The number of nitrogens with two attached hydrogens (primary N) is 1. The zero-order chi connectivity index (χ0) is 19.7. The second-order valence-electron chi connectivity index (χ2n) is 5.89. The lowest BCUT2D eigenvalue weighted by atomic mass is 10.1. The van der Waals surface area contributed by atoms with Crippen LogP contribution in [0.1, 0.15) is 39.9 Å². The number of pyridine rings is 1. The standard InChI is InChI=1S/C9H10N2O.C7H15N3OS.C2H6.H2/c1-6-4-8-9(11-5-6)7(10)2-3-12-8;1-6(11)9-2-4-10(5-3-9)7(8)12;1-2;/h4-5,10H,2-3H2,1H3;7,12H,2-5,8H2,1H3;1-2H3;1H. The average Bonchev–Trinajstić information content (AvgIpc) is 2.64. The second-order valence-corrected chi connectivity index (χ2v) is 6.42. The fraction of sp³-hybridized carbons (Fsp3) is 0.611. The van der Waals surface area contributed by atoms with Gasteiger partial charge in [-0.05, 0) is 18.6 Å². The number of ether oxygens (including phenoxy) is 1. The highest BCUT2D eigenvalue weighted by Gasteiger charge is 2.20. The van der Waals surface area contributed by atoms with E-state index in [1.807, 2.05) is 36.6 Å². The molecule has 3 heterocycles. The molecule has 0 radical (unpaired) electrons. The molecule has 0 saturated carbocycles. The predicted molar refractivity (Wildman–Crippen MR) is 110 cm³/mol. The lowest BCUT2D eigenvalue weighted by Gasteiger charge is -2.35. The quantitative estimate of drug-likeness (QED) is 0.510. The molecule has 1 amide bonds. The van der Waals surface area contributed by atoms with Gasteiger partial charge in [0, 0.05) is 47.1 Å². The molecule has 2 aliphatic heterocycles. The van der Waals surface area contributed by atoms with E-state index >= 15 is 0 Å². The summed E-state index contributed by atoms with van der Waals surface area (Å²) in [7, 11) is 0. The molecule has 3 N–H and O–H groups in total. The third-order valence-electron chi connectivity index (χ3n) is 4.02. The van der Waals surface area contributed by atoms with Gasteiger partial charge in [-0.2, -0.15) is 0 Å². The van der Waals surface area contributed by atoms with Gasteiger partial charge in [-0.3, -0.25) is 14.7 Å². The third kappa shape index (κ3) is 6.59. The van der Waals surface area contributed by atoms with E-state index in [9.17, 15) is 4.79 Å². The Bertz CT molecular complexity index is 607. The van der Waals surface area contributed by atoms with Gasteiger partial charge in [0.05, 0.1) is 12.3 Å². The highest BCUT2D eigenvalue weighted by Crippen LogP contribution is 2.22. The fourth-order valence-corrected chi connectivity index (χ4v) is 2.79. The van der Waals surface area contributed by atoms with Crippen molar-refractivity contribution in [2.45, 2.75) is 39.6 Å². The molecule has 1 atom stereocenters. The van der Waals surface area contributed by atoms with Crippen molar-refractivity contribution < 1.29 is 11.0 Å². The predicted octanol–water partition coefficient (Wildman–Crippen LogP) is 2.14. The van der Waals surface area contributed by atoms with E-state index in [4.69, 9.17) is 15.9 Å². The van der Waals surface area contributed by atoms with Gasteiger partial charge in [0.25, 0.3) is 0 Å². The van der Waals surface area contributed by atoms with Crippen molar-refractivity contribution in [1.82, 2.24) is 14.8 Å². The lowest BCUT2D eigenvalue weighted by molar-refractivity contribution is -0.130. The number of carbonyl (C=O) groups excluding carboxylic acids is 1. The van der Waals surface area contributed by atoms with Crippen LogP contribution in [0.15, 0.2) is 12.3 Å². The number of nitrogens with zero attached hydrogens (tertiary/aromatic N) is 3. The first kappa shape index (κ1) is 22.4. The topological polar surface area (TPSA) is 95.5 Å². The van der Waals surface area contributed by atoms with E-state index in [2.05, 4.69) is 17.6 Å². The summed E-state index contributed by atoms with van der Waals surface area (Å²) in [5.41, 5.74) is 7.73. The molecule has 1 saturated heterocycles. The normalized spacial score (nSPS) is 17.6. The van der Waals surface area contributed by atoms with Gasteiger partial charge < -0.3 is 20.8 Å². The van der Waals surface area contributed by atoms with Crippen LogP contribution >= 0.6 is 12.6 Å². The van der Waals surface area contributed by atoms with E-state index in [0.29, 0.717) is 24.4 Å². The monoisotopic (exact) mass is 383 g/mol. The number of fused-ring (bicyclic) bond motifs is 1. The van der Waals surface area contributed by atoms with Crippen LogP contribution in [0, 0.1) is 12.3 Å². The van der Waals surface area contributed by atoms with Gasteiger partial charge in [-0.1, -0.05) is 13.8 Å². The molecule has 8 heteroatoms. The highest BCUT2D eigenvalue weighted by molar-refractivity contribution is 7.80. The highest BCUT2D eigenvalue weighted by atomic mass is 32.1. The first-order valence-electron chi connectivity index (χ1n) is 8.99. The molecule has 148 valence electrons. The molecule has 0 aromatic carbocycles. The summed E-state index contributed by atoms with van der Waals surface area (Å²) in [5, 5.41) is 7.60. The number of amides is 1. The van der Waals surface area contributed by atoms with Crippen LogP contribution in [-0.2, 0) is 4.79 Å². The van der Waals surface area contributed by atoms with E-state index in [0.717, 1.165) is 37.5 Å². The van der Waals surface area contributed by atoms with Crippen molar-refractivity contribution in [2.24, 2.45) is 5.73 Å². The van der Waals surface area contributed by atoms with Gasteiger partial charge in [0.15, 0.2) is 0 Å². The van der Waals surface area contributed by atoms with Crippen molar-refractivity contribution in [1.29, 1.82) is 5.41 Å². The summed E-state index contributed by atoms with van der Waals surface area (Å²) < 4.78 is 5.37. The molecule has 0 bridgehead atoms. The van der Waals surface area contributed by atoms with Crippen molar-refractivity contribution in [2.75, 3.05) is 32.8 Å². The van der Waals surface area contributed by atoms with Crippen molar-refractivity contribution in [3.63, 3.8) is 0 Å².